The van der Waals surface area contributed by atoms with Crippen molar-refractivity contribution in [2.75, 3.05) is 20.3 Å². The van der Waals surface area contributed by atoms with E-state index in [1.165, 1.54) is 0 Å². The van der Waals surface area contributed by atoms with Crippen LogP contribution >= 0.6 is 11.6 Å². The van der Waals surface area contributed by atoms with Gasteiger partial charge in [-0.15, -0.1) is 0 Å². The summed E-state index contributed by atoms with van der Waals surface area (Å²) in [5.74, 6) is 1.73. The van der Waals surface area contributed by atoms with Crippen LogP contribution in [0.15, 0.2) is 48.5 Å². The first-order valence-electron chi connectivity index (χ1n) is 6.45. The van der Waals surface area contributed by atoms with Gasteiger partial charge in [-0.2, -0.15) is 0 Å². The van der Waals surface area contributed by atoms with Gasteiger partial charge in [0.05, 0.1) is 13.7 Å². The number of hydrogen-bond donors (Lipinski definition) is 1. The Morgan fingerprint density at radius 3 is 2.40 bits per heavy atom. The summed E-state index contributed by atoms with van der Waals surface area (Å²) in [5, 5.41) is 0.713. The maximum Gasteiger partial charge on any atom is 0.119 e. The maximum atomic E-state index is 6.00. The second-order valence-electron chi connectivity index (χ2n) is 4.47. The number of methoxy groups -OCH3 is 1. The number of benzene rings is 2. The van der Waals surface area contributed by atoms with Gasteiger partial charge in [0.2, 0.25) is 0 Å². The van der Waals surface area contributed by atoms with E-state index >= 15 is 0 Å². The van der Waals surface area contributed by atoms with Gasteiger partial charge < -0.3 is 15.2 Å². The topological polar surface area (TPSA) is 44.5 Å². The van der Waals surface area contributed by atoms with E-state index in [0.717, 1.165) is 17.1 Å². The molecule has 0 aliphatic carbocycles. The minimum absolute atomic E-state index is 0.121. The van der Waals surface area contributed by atoms with Crippen molar-refractivity contribution in [3.8, 4) is 11.5 Å². The van der Waals surface area contributed by atoms with Gasteiger partial charge in [-0.25, -0.2) is 0 Å². The molecule has 106 valence electrons. The van der Waals surface area contributed by atoms with Gasteiger partial charge in [0.25, 0.3) is 0 Å². The van der Waals surface area contributed by atoms with Crippen LogP contribution < -0.4 is 15.2 Å². The van der Waals surface area contributed by atoms with Crippen LogP contribution in [0.4, 0.5) is 0 Å². The quantitative estimate of drug-likeness (QED) is 0.886. The SMILES string of the molecule is COc1ccc(OCC(CN)c2cccc(Cl)c2)cc1. The van der Waals surface area contributed by atoms with Crippen LogP contribution in [-0.4, -0.2) is 20.3 Å². The number of nitrogens with two attached hydrogens (primary N) is 1. The molecule has 2 rings (SSSR count). The van der Waals surface area contributed by atoms with E-state index in [1.807, 2.05) is 48.5 Å². The second kappa shape index (κ2) is 7.17. The molecule has 0 aliphatic heterocycles. The predicted molar refractivity (Wildman–Crippen MR) is 81.7 cm³/mol. The fraction of sp³-hybridized carbons (Fsp3) is 0.250. The lowest BCUT2D eigenvalue weighted by molar-refractivity contribution is 0.290. The lowest BCUT2D eigenvalue weighted by Gasteiger charge is -2.16. The van der Waals surface area contributed by atoms with Crippen LogP contribution in [0.5, 0.6) is 11.5 Å². The molecule has 0 heterocycles. The molecule has 1 atom stereocenters. The summed E-state index contributed by atoms with van der Waals surface area (Å²) in [6, 6.07) is 15.2. The van der Waals surface area contributed by atoms with E-state index in [0.29, 0.717) is 18.2 Å². The van der Waals surface area contributed by atoms with E-state index < -0.39 is 0 Å². The summed E-state index contributed by atoms with van der Waals surface area (Å²) in [5.41, 5.74) is 6.91. The van der Waals surface area contributed by atoms with Gasteiger partial charge in [-0.1, -0.05) is 23.7 Å². The van der Waals surface area contributed by atoms with Gasteiger partial charge in [0.1, 0.15) is 11.5 Å². The molecule has 0 aliphatic rings. The lowest BCUT2D eigenvalue weighted by atomic mass is 10.0. The zero-order valence-corrected chi connectivity index (χ0v) is 12.1. The van der Waals surface area contributed by atoms with Crippen LogP contribution in [0.1, 0.15) is 11.5 Å². The van der Waals surface area contributed by atoms with Crippen LogP contribution in [0.2, 0.25) is 5.02 Å². The van der Waals surface area contributed by atoms with E-state index in [4.69, 9.17) is 26.8 Å². The minimum atomic E-state index is 0.121. The summed E-state index contributed by atoms with van der Waals surface area (Å²) in [7, 11) is 1.64. The minimum Gasteiger partial charge on any atom is -0.497 e. The molecule has 2 aromatic rings. The normalized spacial score (nSPS) is 11.9. The van der Waals surface area contributed by atoms with Gasteiger partial charge in [-0.05, 0) is 42.0 Å². The molecular formula is C16H18ClNO2. The van der Waals surface area contributed by atoms with Crippen molar-refractivity contribution in [3.05, 3.63) is 59.1 Å². The Labute approximate surface area is 124 Å². The number of rotatable bonds is 6. The van der Waals surface area contributed by atoms with E-state index in [1.54, 1.807) is 7.11 Å². The van der Waals surface area contributed by atoms with Crippen molar-refractivity contribution in [2.24, 2.45) is 5.73 Å². The van der Waals surface area contributed by atoms with E-state index in [9.17, 15) is 0 Å². The Morgan fingerprint density at radius 1 is 1.10 bits per heavy atom. The molecule has 0 saturated heterocycles. The Bertz CT molecular complexity index is 542. The molecule has 0 spiro atoms. The Hall–Kier alpha value is -1.71. The molecule has 0 bridgehead atoms. The first-order valence-corrected chi connectivity index (χ1v) is 6.83. The van der Waals surface area contributed by atoms with Crippen LogP contribution in [0, 0.1) is 0 Å². The van der Waals surface area contributed by atoms with Crippen molar-refractivity contribution in [1.29, 1.82) is 0 Å². The fourth-order valence-electron chi connectivity index (χ4n) is 1.93. The molecular weight excluding hydrogens is 274 g/mol. The highest BCUT2D eigenvalue weighted by atomic mass is 35.5. The average Bonchev–Trinajstić information content (AvgIpc) is 2.48. The molecule has 3 nitrogen and oxygen atoms in total. The van der Waals surface area contributed by atoms with Crippen LogP contribution in [0.3, 0.4) is 0 Å². The summed E-state index contributed by atoms with van der Waals surface area (Å²) < 4.78 is 10.9. The first-order chi connectivity index (χ1) is 9.72. The van der Waals surface area contributed by atoms with Crippen molar-refractivity contribution in [1.82, 2.24) is 0 Å². The second-order valence-corrected chi connectivity index (χ2v) is 4.91. The molecule has 0 radical (unpaired) electrons. The van der Waals surface area contributed by atoms with Crippen LogP contribution in [0.25, 0.3) is 0 Å². The molecule has 0 fully saturated rings. The summed E-state index contributed by atoms with van der Waals surface area (Å²) >= 11 is 6.00. The third-order valence-electron chi connectivity index (χ3n) is 3.12. The number of hydrogen-bond acceptors (Lipinski definition) is 3. The Kier molecular flexibility index (Phi) is 5.27. The Morgan fingerprint density at radius 2 is 1.80 bits per heavy atom. The average molecular weight is 292 g/mol. The third kappa shape index (κ3) is 3.89. The maximum absolute atomic E-state index is 6.00. The van der Waals surface area contributed by atoms with Gasteiger partial charge >= 0.3 is 0 Å². The smallest absolute Gasteiger partial charge is 0.119 e. The largest absolute Gasteiger partial charge is 0.497 e. The van der Waals surface area contributed by atoms with Crippen molar-refractivity contribution in [2.45, 2.75) is 5.92 Å². The first kappa shape index (κ1) is 14.7. The summed E-state index contributed by atoms with van der Waals surface area (Å²) in [4.78, 5) is 0. The highest BCUT2D eigenvalue weighted by molar-refractivity contribution is 6.30. The molecule has 1 unspecified atom stereocenters. The highest BCUT2D eigenvalue weighted by Crippen LogP contribution is 2.22. The number of ether oxygens (including phenoxy) is 2. The third-order valence-corrected chi connectivity index (χ3v) is 3.35. The predicted octanol–water partition coefficient (Wildman–Crippen LogP) is 3.47. The zero-order valence-electron chi connectivity index (χ0n) is 11.4. The van der Waals surface area contributed by atoms with Crippen molar-refractivity contribution >= 4 is 11.6 Å². The zero-order chi connectivity index (χ0) is 14.4. The fourth-order valence-corrected chi connectivity index (χ4v) is 2.13. The van der Waals surface area contributed by atoms with Crippen molar-refractivity contribution in [3.63, 3.8) is 0 Å². The molecule has 0 aromatic heterocycles. The van der Waals surface area contributed by atoms with E-state index in [2.05, 4.69) is 0 Å². The highest BCUT2D eigenvalue weighted by Gasteiger charge is 2.11. The van der Waals surface area contributed by atoms with Gasteiger partial charge in [0.15, 0.2) is 0 Å². The molecule has 2 aromatic carbocycles. The molecule has 2 N–H and O–H groups in total. The Balaban J connectivity index is 1.99. The van der Waals surface area contributed by atoms with Gasteiger partial charge in [0, 0.05) is 17.5 Å². The standard InChI is InChI=1S/C16H18ClNO2/c1-19-15-5-7-16(8-6-15)20-11-13(10-18)12-3-2-4-14(17)9-12/h2-9,13H,10-11,18H2,1H3. The molecule has 0 amide bonds. The monoisotopic (exact) mass is 291 g/mol. The van der Waals surface area contributed by atoms with E-state index in [-0.39, 0.29) is 5.92 Å². The summed E-state index contributed by atoms with van der Waals surface area (Å²) in [6.07, 6.45) is 0. The van der Waals surface area contributed by atoms with Crippen molar-refractivity contribution < 1.29 is 9.47 Å². The molecule has 4 heteroatoms. The molecule has 20 heavy (non-hydrogen) atoms. The molecule has 0 saturated carbocycles. The van der Waals surface area contributed by atoms with Gasteiger partial charge in [-0.3, -0.25) is 0 Å². The van der Waals surface area contributed by atoms with Crippen LogP contribution in [-0.2, 0) is 0 Å². The summed E-state index contributed by atoms with van der Waals surface area (Å²) in [6.45, 7) is 1.03. The number of halogens is 1. The lowest BCUT2D eigenvalue weighted by Crippen LogP contribution is -2.19.